The molecule has 0 spiro atoms. The van der Waals surface area contributed by atoms with E-state index in [9.17, 15) is 9.59 Å². The fraction of sp³-hybridized carbons (Fsp3) is 0.0833. The number of rotatable bonds is 4. The van der Waals surface area contributed by atoms with Gasteiger partial charge >= 0.3 is 0 Å². The number of aryl methyl sites for hydroxylation is 1. The van der Waals surface area contributed by atoms with Crippen molar-refractivity contribution in [3.05, 3.63) is 88.8 Å². The number of para-hydroxylation sites is 2. The second-order valence-electron chi connectivity index (χ2n) is 7.17. The summed E-state index contributed by atoms with van der Waals surface area (Å²) < 4.78 is 2.30. The first-order valence-electron chi connectivity index (χ1n) is 9.81. The highest BCUT2D eigenvalue weighted by Crippen LogP contribution is 2.34. The SMILES string of the molecule is Cc1nn(CC(=O)Nc2ccccc2-c2nc3ccccc3s2)c(=O)c2ccccc12. The summed E-state index contributed by atoms with van der Waals surface area (Å²) in [6, 6.07) is 22.7. The molecule has 0 atom stereocenters. The summed E-state index contributed by atoms with van der Waals surface area (Å²) in [4.78, 5) is 30.3. The third-order valence-corrected chi connectivity index (χ3v) is 6.14. The van der Waals surface area contributed by atoms with Gasteiger partial charge in [-0.15, -0.1) is 11.3 Å². The van der Waals surface area contributed by atoms with Crippen LogP contribution in [0.1, 0.15) is 5.69 Å². The molecule has 0 aliphatic rings. The summed E-state index contributed by atoms with van der Waals surface area (Å²) in [6.07, 6.45) is 0. The molecule has 0 saturated heterocycles. The molecule has 2 heterocycles. The molecule has 0 unspecified atom stereocenters. The van der Waals surface area contributed by atoms with Gasteiger partial charge < -0.3 is 5.32 Å². The lowest BCUT2D eigenvalue weighted by Gasteiger charge is -2.11. The van der Waals surface area contributed by atoms with Crippen molar-refractivity contribution in [2.24, 2.45) is 0 Å². The third kappa shape index (κ3) is 3.60. The van der Waals surface area contributed by atoms with E-state index in [2.05, 4.69) is 10.4 Å². The van der Waals surface area contributed by atoms with Crippen LogP contribution in [0, 0.1) is 6.92 Å². The molecule has 0 radical (unpaired) electrons. The van der Waals surface area contributed by atoms with Gasteiger partial charge in [0, 0.05) is 10.9 Å². The van der Waals surface area contributed by atoms with Gasteiger partial charge in [-0.25, -0.2) is 9.67 Å². The van der Waals surface area contributed by atoms with Crippen molar-refractivity contribution in [2.75, 3.05) is 5.32 Å². The van der Waals surface area contributed by atoms with Gasteiger partial charge in [-0.1, -0.05) is 42.5 Å². The highest BCUT2D eigenvalue weighted by Gasteiger charge is 2.14. The van der Waals surface area contributed by atoms with Crippen LogP contribution in [0.2, 0.25) is 0 Å². The van der Waals surface area contributed by atoms with Crippen LogP contribution < -0.4 is 10.9 Å². The van der Waals surface area contributed by atoms with Crippen LogP contribution in [0.3, 0.4) is 0 Å². The highest BCUT2D eigenvalue weighted by molar-refractivity contribution is 7.21. The number of anilines is 1. The van der Waals surface area contributed by atoms with E-state index in [0.29, 0.717) is 16.8 Å². The summed E-state index contributed by atoms with van der Waals surface area (Å²) >= 11 is 1.57. The van der Waals surface area contributed by atoms with E-state index in [1.54, 1.807) is 17.4 Å². The Morgan fingerprint density at radius 3 is 2.52 bits per heavy atom. The quantitative estimate of drug-likeness (QED) is 0.455. The molecule has 0 fully saturated rings. The van der Waals surface area contributed by atoms with Gasteiger partial charge in [-0.2, -0.15) is 5.10 Å². The number of amides is 1. The minimum absolute atomic E-state index is 0.168. The molecule has 0 bridgehead atoms. The van der Waals surface area contributed by atoms with E-state index >= 15 is 0 Å². The molecule has 5 rings (SSSR count). The molecular weight excluding hydrogens is 408 g/mol. The van der Waals surface area contributed by atoms with Crippen molar-refractivity contribution >= 4 is 43.9 Å². The third-order valence-electron chi connectivity index (χ3n) is 5.07. The molecule has 0 aliphatic carbocycles. The maximum absolute atomic E-state index is 12.8. The van der Waals surface area contributed by atoms with Crippen molar-refractivity contribution in [3.8, 4) is 10.6 Å². The summed E-state index contributed by atoms with van der Waals surface area (Å²) in [5.41, 5.74) is 2.84. The standard InChI is InChI=1S/C24H18N4O2S/c1-15-16-8-2-3-9-17(16)24(30)28(27-15)14-22(29)25-19-11-5-4-10-18(19)23-26-20-12-6-7-13-21(20)31-23/h2-13H,14H2,1H3,(H,25,29). The Labute approximate surface area is 181 Å². The molecule has 1 N–H and O–H groups in total. The molecule has 31 heavy (non-hydrogen) atoms. The number of nitrogens with one attached hydrogen (secondary N) is 1. The number of carbonyl (C=O) groups excluding carboxylic acids is 1. The minimum atomic E-state index is -0.321. The lowest BCUT2D eigenvalue weighted by Crippen LogP contribution is -2.30. The Bertz CT molecular complexity index is 1470. The van der Waals surface area contributed by atoms with Gasteiger partial charge in [0.1, 0.15) is 11.6 Å². The van der Waals surface area contributed by atoms with Crippen LogP contribution in [0.4, 0.5) is 5.69 Å². The first-order valence-corrected chi connectivity index (χ1v) is 10.6. The number of thiazole rings is 1. The summed E-state index contributed by atoms with van der Waals surface area (Å²) in [7, 11) is 0. The van der Waals surface area contributed by atoms with Crippen LogP contribution in [0.5, 0.6) is 0 Å². The van der Waals surface area contributed by atoms with Gasteiger partial charge in [-0.3, -0.25) is 9.59 Å². The maximum Gasteiger partial charge on any atom is 0.275 e. The number of carbonyl (C=O) groups is 1. The van der Waals surface area contributed by atoms with Gasteiger partial charge in [-0.05, 0) is 37.3 Å². The molecular formula is C24H18N4O2S. The minimum Gasteiger partial charge on any atom is -0.324 e. The normalized spacial score (nSPS) is 11.1. The van der Waals surface area contributed by atoms with Gasteiger partial charge in [0.2, 0.25) is 5.91 Å². The number of hydrogen-bond acceptors (Lipinski definition) is 5. The van der Waals surface area contributed by atoms with Gasteiger partial charge in [0.15, 0.2) is 0 Å². The van der Waals surface area contributed by atoms with Crippen LogP contribution in [-0.4, -0.2) is 20.7 Å². The second-order valence-corrected chi connectivity index (χ2v) is 8.20. The number of aromatic nitrogens is 3. The van der Waals surface area contributed by atoms with E-state index < -0.39 is 0 Å². The Morgan fingerprint density at radius 2 is 1.68 bits per heavy atom. The molecule has 152 valence electrons. The zero-order chi connectivity index (χ0) is 21.4. The van der Waals surface area contributed by atoms with E-state index in [0.717, 1.165) is 26.2 Å². The largest absolute Gasteiger partial charge is 0.324 e. The van der Waals surface area contributed by atoms with Crippen LogP contribution >= 0.6 is 11.3 Å². The van der Waals surface area contributed by atoms with E-state index in [1.165, 1.54) is 4.68 Å². The lowest BCUT2D eigenvalue weighted by atomic mass is 10.1. The molecule has 1 amide bonds. The first kappa shape index (κ1) is 19.1. The first-order chi connectivity index (χ1) is 15.1. The maximum atomic E-state index is 12.8. The monoisotopic (exact) mass is 426 g/mol. The highest BCUT2D eigenvalue weighted by atomic mass is 32.1. The van der Waals surface area contributed by atoms with E-state index in [-0.39, 0.29) is 18.0 Å². The second kappa shape index (κ2) is 7.77. The molecule has 6 nitrogen and oxygen atoms in total. The molecule has 2 aromatic heterocycles. The van der Waals surface area contributed by atoms with E-state index in [1.807, 2.05) is 73.7 Å². The predicted molar refractivity (Wildman–Crippen MR) is 124 cm³/mol. The van der Waals surface area contributed by atoms with Crippen molar-refractivity contribution in [1.29, 1.82) is 0 Å². The number of fused-ring (bicyclic) bond motifs is 2. The zero-order valence-corrected chi connectivity index (χ0v) is 17.5. The molecule has 7 heteroatoms. The van der Waals surface area contributed by atoms with E-state index in [4.69, 9.17) is 4.98 Å². The van der Waals surface area contributed by atoms with Gasteiger partial charge in [0.25, 0.3) is 5.56 Å². The van der Waals surface area contributed by atoms with Crippen molar-refractivity contribution < 1.29 is 4.79 Å². The Kier molecular flexibility index (Phi) is 4.80. The molecule has 3 aromatic carbocycles. The van der Waals surface area contributed by atoms with Crippen LogP contribution in [0.25, 0.3) is 31.6 Å². The Balaban J connectivity index is 1.45. The fourth-order valence-corrected chi connectivity index (χ4v) is 4.61. The summed E-state index contributed by atoms with van der Waals surface area (Å²) in [6.45, 7) is 1.66. The molecule has 0 saturated carbocycles. The average Bonchev–Trinajstić information content (AvgIpc) is 3.22. The smallest absolute Gasteiger partial charge is 0.275 e. The predicted octanol–water partition coefficient (Wildman–Crippen LogP) is 4.62. The molecule has 5 aromatic rings. The number of nitrogens with zero attached hydrogens (tertiary/aromatic N) is 3. The van der Waals surface area contributed by atoms with Crippen LogP contribution in [-0.2, 0) is 11.3 Å². The number of benzene rings is 3. The topological polar surface area (TPSA) is 76.9 Å². The zero-order valence-electron chi connectivity index (χ0n) is 16.7. The van der Waals surface area contributed by atoms with Crippen LogP contribution in [0.15, 0.2) is 77.6 Å². The Hall–Kier alpha value is -3.84. The average molecular weight is 427 g/mol. The van der Waals surface area contributed by atoms with Crippen molar-refractivity contribution in [1.82, 2.24) is 14.8 Å². The van der Waals surface area contributed by atoms with Gasteiger partial charge in [0.05, 0.1) is 27.0 Å². The summed E-state index contributed by atoms with van der Waals surface area (Å²) in [5, 5.41) is 9.43. The summed E-state index contributed by atoms with van der Waals surface area (Å²) in [5.74, 6) is -0.321. The Morgan fingerprint density at radius 1 is 0.968 bits per heavy atom. The molecule has 0 aliphatic heterocycles. The van der Waals surface area contributed by atoms with Crippen molar-refractivity contribution in [3.63, 3.8) is 0 Å². The van der Waals surface area contributed by atoms with Crippen molar-refractivity contribution in [2.45, 2.75) is 13.5 Å². The number of hydrogen-bond donors (Lipinski definition) is 1. The fourth-order valence-electron chi connectivity index (χ4n) is 3.60. The lowest BCUT2D eigenvalue weighted by molar-refractivity contribution is -0.117.